The zero-order valence-electron chi connectivity index (χ0n) is 18.2. The largest absolute Gasteiger partial charge is 0.497 e. The molecule has 166 valence electrons. The quantitative estimate of drug-likeness (QED) is 0.734. The Morgan fingerprint density at radius 1 is 1.20 bits per heavy atom. The van der Waals surface area contributed by atoms with E-state index in [-0.39, 0.29) is 23.7 Å². The lowest BCUT2D eigenvalue weighted by molar-refractivity contribution is -0.131. The Hall–Kier alpha value is -1.83. The summed E-state index contributed by atoms with van der Waals surface area (Å²) in [7, 11) is 3.37. The van der Waals surface area contributed by atoms with Crippen LogP contribution < -0.4 is 14.8 Å². The molecular weight excluding hydrogens is 384 g/mol. The van der Waals surface area contributed by atoms with E-state index in [2.05, 4.69) is 16.3 Å². The summed E-state index contributed by atoms with van der Waals surface area (Å²) in [6.45, 7) is 4.16. The van der Waals surface area contributed by atoms with Gasteiger partial charge in [-0.3, -0.25) is 9.69 Å². The van der Waals surface area contributed by atoms with Crippen molar-refractivity contribution >= 4 is 5.91 Å². The standard InChI is InChI=1S/C23H34N2O5/c1-27-18-6-5-17(21(14-18)28-2)16-25-11-9-23(10-12-25)8-7-19(30-23)15-24-22(26)20-4-3-13-29-20/h5-6,14,19-20H,3-4,7-13,15-16H2,1-2H3,(H,24,26)/t19-,20+/m0/s1. The Labute approximate surface area is 179 Å². The zero-order chi connectivity index (χ0) is 21.0. The third kappa shape index (κ3) is 4.90. The molecule has 1 spiro atoms. The lowest BCUT2D eigenvalue weighted by Gasteiger charge is -2.39. The number of piperidine rings is 1. The molecule has 0 radical (unpaired) electrons. The van der Waals surface area contributed by atoms with Gasteiger partial charge in [-0.2, -0.15) is 0 Å². The molecule has 2 atom stereocenters. The van der Waals surface area contributed by atoms with Crippen LogP contribution in [0.4, 0.5) is 0 Å². The number of carbonyl (C=O) groups excluding carboxylic acids is 1. The topological polar surface area (TPSA) is 69.3 Å². The van der Waals surface area contributed by atoms with Gasteiger partial charge in [-0.25, -0.2) is 0 Å². The summed E-state index contributed by atoms with van der Waals surface area (Å²) in [4.78, 5) is 14.6. The van der Waals surface area contributed by atoms with E-state index in [1.54, 1.807) is 14.2 Å². The van der Waals surface area contributed by atoms with Crippen molar-refractivity contribution < 1.29 is 23.7 Å². The average Bonchev–Trinajstić information content (AvgIpc) is 3.45. The lowest BCUT2D eigenvalue weighted by Crippen LogP contribution is -2.45. The minimum atomic E-state index is -0.265. The van der Waals surface area contributed by atoms with E-state index in [0.29, 0.717) is 13.2 Å². The van der Waals surface area contributed by atoms with Crippen LogP contribution in [0, 0.1) is 0 Å². The molecule has 7 heteroatoms. The van der Waals surface area contributed by atoms with E-state index in [4.69, 9.17) is 18.9 Å². The van der Waals surface area contributed by atoms with Crippen LogP contribution in [-0.4, -0.2) is 69.1 Å². The number of methoxy groups -OCH3 is 2. The predicted octanol–water partition coefficient (Wildman–Crippen LogP) is 2.51. The Kier molecular flexibility index (Phi) is 6.80. The molecule has 3 heterocycles. The summed E-state index contributed by atoms with van der Waals surface area (Å²) >= 11 is 0. The number of carbonyl (C=O) groups is 1. The molecule has 0 bridgehead atoms. The molecular formula is C23H34N2O5. The van der Waals surface area contributed by atoms with E-state index in [1.807, 2.05) is 12.1 Å². The molecule has 4 rings (SSSR count). The maximum absolute atomic E-state index is 12.2. The highest BCUT2D eigenvalue weighted by atomic mass is 16.5. The predicted molar refractivity (Wildman–Crippen MR) is 113 cm³/mol. The number of ether oxygens (including phenoxy) is 4. The molecule has 7 nitrogen and oxygen atoms in total. The molecule has 0 unspecified atom stereocenters. The fraction of sp³-hybridized carbons (Fsp3) is 0.696. The van der Waals surface area contributed by atoms with Crippen LogP contribution in [0.15, 0.2) is 18.2 Å². The molecule has 1 aromatic carbocycles. The van der Waals surface area contributed by atoms with Crippen molar-refractivity contribution in [3.63, 3.8) is 0 Å². The van der Waals surface area contributed by atoms with Gasteiger partial charge in [-0.15, -0.1) is 0 Å². The van der Waals surface area contributed by atoms with E-state index < -0.39 is 0 Å². The second-order valence-corrected chi connectivity index (χ2v) is 8.66. The smallest absolute Gasteiger partial charge is 0.249 e. The van der Waals surface area contributed by atoms with Gasteiger partial charge in [0.2, 0.25) is 5.91 Å². The Balaban J connectivity index is 1.24. The van der Waals surface area contributed by atoms with Crippen LogP contribution in [0.3, 0.4) is 0 Å². The Bertz CT molecular complexity index is 726. The van der Waals surface area contributed by atoms with Gasteiger partial charge in [0.1, 0.15) is 17.6 Å². The summed E-state index contributed by atoms with van der Waals surface area (Å²) in [5, 5.41) is 3.03. The van der Waals surface area contributed by atoms with Crippen molar-refractivity contribution in [3.8, 4) is 11.5 Å². The van der Waals surface area contributed by atoms with E-state index in [1.165, 1.54) is 5.56 Å². The molecule has 1 N–H and O–H groups in total. The molecule has 30 heavy (non-hydrogen) atoms. The van der Waals surface area contributed by atoms with Crippen molar-refractivity contribution in [2.45, 2.75) is 62.9 Å². The van der Waals surface area contributed by atoms with Gasteiger partial charge >= 0.3 is 0 Å². The summed E-state index contributed by atoms with van der Waals surface area (Å²) in [6, 6.07) is 6.01. The lowest BCUT2D eigenvalue weighted by atomic mass is 9.88. The van der Waals surface area contributed by atoms with Gasteiger partial charge in [-0.05, 0) is 44.6 Å². The minimum Gasteiger partial charge on any atom is -0.497 e. The van der Waals surface area contributed by atoms with Crippen LogP contribution in [0.1, 0.15) is 44.1 Å². The Morgan fingerprint density at radius 2 is 2.03 bits per heavy atom. The first kappa shape index (κ1) is 21.4. The van der Waals surface area contributed by atoms with Gasteiger partial charge in [0.15, 0.2) is 0 Å². The molecule has 1 aromatic rings. The van der Waals surface area contributed by atoms with Crippen molar-refractivity contribution in [1.29, 1.82) is 0 Å². The van der Waals surface area contributed by atoms with Crippen molar-refractivity contribution in [2.75, 3.05) is 40.5 Å². The number of nitrogens with zero attached hydrogens (tertiary/aromatic N) is 1. The highest BCUT2D eigenvalue weighted by Gasteiger charge is 2.42. The number of likely N-dealkylation sites (tertiary alicyclic amines) is 1. The first-order chi connectivity index (χ1) is 14.6. The third-order valence-electron chi connectivity index (χ3n) is 6.72. The fourth-order valence-electron chi connectivity index (χ4n) is 4.86. The maximum Gasteiger partial charge on any atom is 0.249 e. The number of hydrogen-bond acceptors (Lipinski definition) is 6. The second-order valence-electron chi connectivity index (χ2n) is 8.66. The van der Waals surface area contributed by atoms with Crippen LogP contribution >= 0.6 is 0 Å². The van der Waals surface area contributed by atoms with Crippen LogP contribution in [0.25, 0.3) is 0 Å². The highest BCUT2D eigenvalue weighted by molar-refractivity contribution is 5.80. The molecule has 0 aliphatic carbocycles. The molecule has 3 fully saturated rings. The SMILES string of the molecule is COc1ccc(CN2CCC3(CC[C@@H](CNC(=O)[C@H]4CCCO4)O3)CC2)c(OC)c1. The van der Waals surface area contributed by atoms with Crippen molar-refractivity contribution in [1.82, 2.24) is 10.2 Å². The van der Waals surface area contributed by atoms with E-state index in [0.717, 1.165) is 69.7 Å². The second kappa shape index (κ2) is 9.54. The summed E-state index contributed by atoms with van der Waals surface area (Å²) in [6.07, 6.45) is 5.80. The van der Waals surface area contributed by atoms with Crippen LogP contribution in [-0.2, 0) is 20.8 Å². The van der Waals surface area contributed by atoms with Crippen LogP contribution in [0.2, 0.25) is 0 Å². The summed E-state index contributed by atoms with van der Waals surface area (Å²) in [5.41, 5.74) is 1.15. The number of amides is 1. The Morgan fingerprint density at radius 3 is 2.73 bits per heavy atom. The van der Waals surface area contributed by atoms with Gasteiger partial charge in [0.25, 0.3) is 0 Å². The van der Waals surface area contributed by atoms with Crippen LogP contribution in [0.5, 0.6) is 11.5 Å². The van der Waals surface area contributed by atoms with E-state index >= 15 is 0 Å². The van der Waals surface area contributed by atoms with Gasteiger partial charge < -0.3 is 24.3 Å². The monoisotopic (exact) mass is 418 g/mol. The number of nitrogens with one attached hydrogen (secondary N) is 1. The van der Waals surface area contributed by atoms with Crippen molar-refractivity contribution in [2.24, 2.45) is 0 Å². The number of hydrogen-bond donors (Lipinski definition) is 1. The van der Waals surface area contributed by atoms with Gasteiger partial charge in [-0.1, -0.05) is 6.07 Å². The minimum absolute atomic E-state index is 0.0142. The fourth-order valence-corrected chi connectivity index (χ4v) is 4.86. The van der Waals surface area contributed by atoms with E-state index in [9.17, 15) is 4.79 Å². The van der Waals surface area contributed by atoms with Gasteiger partial charge in [0, 0.05) is 44.4 Å². The zero-order valence-corrected chi connectivity index (χ0v) is 18.2. The van der Waals surface area contributed by atoms with Gasteiger partial charge in [0.05, 0.1) is 25.9 Å². The average molecular weight is 419 g/mol. The van der Waals surface area contributed by atoms with Crippen molar-refractivity contribution in [3.05, 3.63) is 23.8 Å². The molecule has 3 saturated heterocycles. The molecule has 0 saturated carbocycles. The molecule has 1 amide bonds. The molecule has 3 aliphatic rings. The maximum atomic E-state index is 12.2. The summed E-state index contributed by atoms with van der Waals surface area (Å²) < 4.78 is 22.7. The normalized spacial score (nSPS) is 26.1. The highest BCUT2D eigenvalue weighted by Crippen LogP contribution is 2.39. The first-order valence-electron chi connectivity index (χ1n) is 11.1. The molecule has 3 aliphatic heterocycles. The first-order valence-corrected chi connectivity index (χ1v) is 11.1. The number of benzene rings is 1. The number of rotatable bonds is 7. The summed E-state index contributed by atoms with van der Waals surface area (Å²) in [5.74, 6) is 1.69. The third-order valence-corrected chi connectivity index (χ3v) is 6.72. The molecule has 0 aromatic heterocycles.